The maximum absolute atomic E-state index is 12.3. The second kappa shape index (κ2) is 3.40. The molecule has 0 atom stereocenters. The van der Waals surface area contributed by atoms with E-state index in [1.807, 2.05) is 0 Å². The zero-order chi connectivity index (χ0) is 10.9. The van der Waals surface area contributed by atoms with Gasteiger partial charge < -0.3 is 11.5 Å². The Hall–Kier alpha value is -1.39. The standard InChI is InChI=1S/C9H11F3N2/c1-2-5-3-6(9(10,11)12)4-7(13)8(5)14/h3-4H,2,13-14H2,1H3. The molecule has 0 saturated carbocycles. The number of nitrogen functional groups attached to an aromatic ring is 2. The maximum Gasteiger partial charge on any atom is 0.416 e. The Morgan fingerprint density at radius 1 is 1.21 bits per heavy atom. The highest BCUT2D eigenvalue weighted by molar-refractivity contribution is 5.68. The molecule has 4 N–H and O–H groups in total. The second-order valence-electron chi connectivity index (χ2n) is 2.99. The molecule has 78 valence electrons. The van der Waals surface area contributed by atoms with Crippen LogP contribution in [0, 0.1) is 0 Å². The van der Waals surface area contributed by atoms with Gasteiger partial charge >= 0.3 is 6.18 Å². The first-order chi connectivity index (χ1) is 6.36. The fourth-order valence-electron chi connectivity index (χ4n) is 1.19. The minimum absolute atomic E-state index is 0.0170. The molecule has 2 nitrogen and oxygen atoms in total. The number of alkyl halides is 3. The third kappa shape index (κ3) is 1.92. The Labute approximate surface area is 79.7 Å². The van der Waals surface area contributed by atoms with Crippen LogP contribution in [0.25, 0.3) is 0 Å². The summed E-state index contributed by atoms with van der Waals surface area (Å²) in [6, 6.07) is 1.89. The van der Waals surface area contributed by atoms with Crippen LogP contribution in [-0.2, 0) is 12.6 Å². The first kappa shape index (κ1) is 10.7. The van der Waals surface area contributed by atoms with Gasteiger partial charge in [0, 0.05) is 0 Å². The van der Waals surface area contributed by atoms with Gasteiger partial charge in [0.25, 0.3) is 0 Å². The van der Waals surface area contributed by atoms with E-state index in [0.29, 0.717) is 12.0 Å². The fourth-order valence-corrected chi connectivity index (χ4v) is 1.19. The average Bonchev–Trinajstić information content (AvgIpc) is 2.07. The van der Waals surface area contributed by atoms with Crippen molar-refractivity contribution in [1.82, 2.24) is 0 Å². The summed E-state index contributed by atoms with van der Waals surface area (Å²) in [6.07, 6.45) is -3.94. The van der Waals surface area contributed by atoms with Crippen molar-refractivity contribution in [2.24, 2.45) is 0 Å². The summed E-state index contributed by atoms with van der Waals surface area (Å²) in [4.78, 5) is 0. The summed E-state index contributed by atoms with van der Waals surface area (Å²) in [7, 11) is 0. The summed E-state index contributed by atoms with van der Waals surface area (Å²) >= 11 is 0. The lowest BCUT2D eigenvalue weighted by Crippen LogP contribution is -2.09. The molecule has 1 aromatic rings. The van der Waals surface area contributed by atoms with E-state index in [1.165, 1.54) is 0 Å². The van der Waals surface area contributed by atoms with Crippen molar-refractivity contribution in [3.05, 3.63) is 23.3 Å². The molecule has 0 radical (unpaired) electrons. The number of hydrogen-bond acceptors (Lipinski definition) is 2. The van der Waals surface area contributed by atoms with Gasteiger partial charge in [-0.3, -0.25) is 0 Å². The predicted octanol–water partition coefficient (Wildman–Crippen LogP) is 2.43. The van der Waals surface area contributed by atoms with Gasteiger partial charge in [0.05, 0.1) is 16.9 Å². The van der Waals surface area contributed by atoms with Crippen LogP contribution in [0.3, 0.4) is 0 Å². The highest BCUT2D eigenvalue weighted by atomic mass is 19.4. The zero-order valence-electron chi connectivity index (χ0n) is 7.65. The molecule has 0 fully saturated rings. The van der Waals surface area contributed by atoms with E-state index >= 15 is 0 Å². The van der Waals surface area contributed by atoms with Crippen LogP contribution in [0.4, 0.5) is 24.5 Å². The lowest BCUT2D eigenvalue weighted by atomic mass is 10.0. The molecular formula is C9H11F3N2. The van der Waals surface area contributed by atoms with Crippen LogP contribution >= 0.6 is 0 Å². The third-order valence-electron chi connectivity index (χ3n) is 2.01. The molecule has 0 aromatic heterocycles. The summed E-state index contributed by atoms with van der Waals surface area (Å²) < 4.78 is 37.0. The van der Waals surface area contributed by atoms with E-state index in [4.69, 9.17) is 11.5 Å². The first-order valence-electron chi connectivity index (χ1n) is 4.11. The summed E-state index contributed by atoms with van der Waals surface area (Å²) in [5.74, 6) is 0. The normalized spacial score (nSPS) is 11.7. The van der Waals surface area contributed by atoms with Gasteiger partial charge in [-0.2, -0.15) is 13.2 Å². The monoisotopic (exact) mass is 204 g/mol. The molecule has 0 spiro atoms. The number of nitrogens with two attached hydrogens (primary N) is 2. The lowest BCUT2D eigenvalue weighted by molar-refractivity contribution is -0.137. The molecular weight excluding hydrogens is 193 g/mol. The van der Waals surface area contributed by atoms with Crippen molar-refractivity contribution in [1.29, 1.82) is 0 Å². The van der Waals surface area contributed by atoms with E-state index < -0.39 is 11.7 Å². The smallest absolute Gasteiger partial charge is 0.397 e. The highest BCUT2D eigenvalue weighted by Gasteiger charge is 2.31. The number of benzene rings is 1. The minimum Gasteiger partial charge on any atom is -0.397 e. The fraction of sp³-hybridized carbons (Fsp3) is 0.333. The SMILES string of the molecule is CCc1cc(C(F)(F)F)cc(N)c1N. The molecule has 0 amide bonds. The Balaban J connectivity index is 3.30. The van der Waals surface area contributed by atoms with Crippen LogP contribution < -0.4 is 11.5 Å². The molecule has 0 bridgehead atoms. The van der Waals surface area contributed by atoms with Crippen LogP contribution in [-0.4, -0.2) is 0 Å². The lowest BCUT2D eigenvalue weighted by Gasteiger charge is -2.12. The average molecular weight is 204 g/mol. The topological polar surface area (TPSA) is 52.0 Å². The van der Waals surface area contributed by atoms with Crippen LogP contribution in [0.5, 0.6) is 0 Å². The molecule has 0 aliphatic rings. The number of halogens is 3. The van der Waals surface area contributed by atoms with Crippen molar-refractivity contribution >= 4 is 11.4 Å². The molecule has 0 unspecified atom stereocenters. The number of rotatable bonds is 1. The predicted molar refractivity (Wildman–Crippen MR) is 49.6 cm³/mol. The second-order valence-corrected chi connectivity index (χ2v) is 2.99. The highest BCUT2D eigenvalue weighted by Crippen LogP contribution is 2.34. The largest absolute Gasteiger partial charge is 0.416 e. The van der Waals surface area contributed by atoms with Crippen LogP contribution in [0.1, 0.15) is 18.1 Å². The molecule has 1 rings (SSSR count). The van der Waals surface area contributed by atoms with Gasteiger partial charge in [0.15, 0.2) is 0 Å². The van der Waals surface area contributed by atoms with Gasteiger partial charge in [0.2, 0.25) is 0 Å². The third-order valence-corrected chi connectivity index (χ3v) is 2.01. The number of aryl methyl sites for hydroxylation is 1. The number of anilines is 2. The van der Waals surface area contributed by atoms with Gasteiger partial charge in [-0.15, -0.1) is 0 Å². The molecule has 0 saturated heterocycles. The van der Waals surface area contributed by atoms with E-state index in [1.54, 1.807) is 6.92 Å². The summed E-state index contributed by atoms with van der Waals surface area (Å²) in [5.41, 5.74) is 10.8. The molecule has 5 heteroatoms. The molecule has 14 heavy (non-hydrogen) atoms. The minimum atomic E-state index is -4.37. The van der Waals surface area contributed by atoms with Crippen molar-refractivity contribution in [2.75, 3.05) is 11.5 Å². The Morgan fingerprint density at radius 3 is 2.21 bits per heavy atom. The van der Waals surface area contributed by atoms with Crippen molar-refractivity contribution in [2.45, 2.75) is 19.5 Å². The van der Waals surface area contributed by atoms with Crippen LogP contribution in [0.2, 0.25) is 0 Å². The first-order valence-corrected chi connectivity index (χ1v) is 4.11. The summed E-state index contributed by atoms with van der Waals surface area (Å²) in [6.45, 7) is 1.73. The van der Waals surface area contributed by atoms with Crippen LogP contribution in [0.15, 0.2) is 12.1 Å². The van der Waals surface area contributed by atoms with Gasteiger partial charge in [-0.1, -0.05) is 6.92 Å². The molecule has 0 aliphatic heterocycles. The molecule has 0 aliphatic carbocycles. The van der Waals surface area contributed by atoms with Gasteiger partial charge in [-0.25, -0.2) is 0 Å². The van der Waals surface area contributed by atoms with Crippen molar-refractivity contribution in [3.8, 4) is 0 Å². The maximum atomic E-state index is 12.3. The van der Waals surface area contributed by atoms with Gasteiger partial charge in [0.1, 0.15) is 0 Å². The molecule has 1 aromatic carbocycles. The van der Waals surface area contributed by atoms with Gasteiger partial charge in [-0.05, 0) is 24.1 Å². The number of hydrogen-bond donors (Lipinski definition) is 2. The van der Waals surface area contributed by atoms with E-state index in [-0.39, 0.29) is 11.4 Å². The zero-order valence-corrected chi connectivity index (χ0v) is 7.65. The Morgan fingerprint density at radius 2 is 1.79 bits per heavy atom. The summed E-state index contributed by atoms with van der Waals surface area (Å²) in [5, 5.41) is 0. The quantitative estimate of drug-likeness (QED) is 0.690. The van der Waals surface area contributed by atoms with Crippen molar-refractivity contribution in [3.63, 3.8) is 0 Å². The van der Waals surface area contributed by atoms with E-state index in [2.05, 4.69) is 0 Å². The molecule has 0 heterocycles. The Kier molecular flexibility index (Phi) is 2.59. The van der Waals surface area contributed by atoms with E-state index in [0.717, 1.165) is 12.1 Å². The Bertz CT molecular complexity index is 345. The van der Waals surface area contributed by atoms with E-state index in [9.17, 15) is 13.2 Å². The van der Waals surface area contributed by atoms with Crippen molar-refractivity contribution < 1.29 is 13.2 Å².